The molecule has 2 amide bonds. The fourth-order valence-corrected chi connectivity index (χ4v) is 4.99. The highest BCUT2D eigenvalue weighted by molar-refractivity contribution is 5.78. The van der Waals surface area contributed by atoms with Gasteiger partial charge in [0, 0.05) is 25.9 Å². The van der Waals surface area contributed by atoms with Crippen LogP contribution in [0, 0.1) is 0 Å². The number of Topliss-reactive ketones (excluding diaryl/α,β-unsaturated/α-hetero) is 1. The fraction of sp³-hybridized carbons (Fsp3) is 0.939. The number of amides is 2. The van der Waals surface area contributed by atoms with Crippen molar-refractivity contribution in [1.82, 2.24) is 10.6 Å². The van der Waals surface area contributed by atoms with Crippen molar-refractivity contribution in [1.29, 1.82) is 0 Å². The Labute approximate surface area is 232 Å². The minimum Gasteiger partial charge on any atom is -0.338 e. The van der Waals surface area contributed by atoms with E-state index < -0.39 is 0 Å². The SMILES string of the molecule is CCCCCCCCCCCCCC(=O)CCCCCCNC(=O)NCCCCCCCCCCCC. The van der Waals surface area contributed by atoms with Crippen LogP contribution in [-0.4, -0.2) is 24.9 Å². The zero-order valence-electron chi connectivity index (χ0n) is 25.3. The van der Waals surface area contributed by atoms with Gasteiger partial charge in [0.15, 0.2) is 0 Å². The summed E-state index contributed by atoms with van der Waals surface area (Å²) in [5.41, 5.74) is 0. The highest BCUT2D eigenvalue weighted by atomic mass is 16.2. The summed E-state index contributed by atoms with van der Waals surface area (Å²) in [5, 5.41) is 5.94. The Morgan fingerprint density at radius 2 is 0.649 bits per heavy atom. The molecule has 220 valence electrons. The van der Waals surface area contributed by atoms with Crippen LogP contribution in [0.3, 0.4) is 0 Å². The lowest BCUT2D eigenvalue weighted by Crippen LogP contribution is -2.36. The van der Waals surface area contributed by atoms with Gasteiger partial charge in [0.25, 0.3) is 0 Å². The van der Waals surface area contributed by atoms with Crippen molar-refractivity contribution in [3.8, 4) is 0 Å². The van der Waals surface area contributed by atoms with Gasteiger partial charge in [-0.05, 0) is 25.7 Å². The van der Waals surface area contributed by atoms with Crippen LogP contribution >= 0.6 is 0 Å². The van der Waals surface area contributed by atoms with E-state index in [2.05, 4.69) is 24.5 Å². The molecule has 0 rings (SSSR count). The number of unbranched alkanes of at least 4 members (excludes halogenated alkanes) is 22. The van der Waals surface area contributed by atoms with E-state index in [0.717, 1.165) is 64.5 Å². The molecule has 0 bridgehead atoms. The van der Waals surface area contributed by atoms with E-state index >= 15 is 0 Å². The molecule has 37 heavy (non-hydrogen) atoms. The lowest BCUT2D eigenvalue weighted by atomic mass is 10.0. The van der Waals surface area contributed by atoms with Gasteiger partial charge in [0.05, 0.1) is 0 Å². The smallest absolute Gasteiger partial charge is 0.314 e. The molecule has 0 heterocycles. The van der Waals surface area contributed by atoms with E-state index in [1.54, 1.807) is 0 Å². The Hall–Kier alpha value is -1.06. The molecule has 0 spiro atoms. The van der Waals surface area contributed by atoms with Gasteiger partial charge in [0.1, 0.15) is 5.78 Å². The van der Waals surface area contributed by atoms with Crippen molar-refractivity contribution < 1.29 is 9.59 Å². The summed E-state index contributed by atoms with van der Waals surface area (Å²) in [7, 11) is 0. The molecule has 0 fully saturated rings. The second kappa shape index (κ2) is 31.2. The maximum atomic E-state index is 12.1. The van der Waals surface area contributed by atoms with Crippen LogP contribution in [0.15, 0.2) is 0 Å². The molecule has 0 aliphatic carbocycles. The first-order valence-electron chi connectivity index (χ1n) is 16.7. The highest BCUT2D eigenvalue weighted by Crippen LogP contribution is 2.13. The normalized spacial score (nSPS) is 11.1. The van der Waals surface area contributed by atoms with E-state index in [-0.39, 0.29) is 6.03 Å². The quantitative estimate of drug-likeness (QED) is 0.0921. The van der Waals surface area contributed by atoms with Crippen LogP contribution in [0.5, 0.6) is 0 Å². The van der Waals surface area contributed by atoms with Crippen LogP contribution in [0.4, 0.5) is 4.79 Å². The predicted octanol–water partition coefficient (Wildman–Crippen LogP) is 10.4. The molecule has 2 N–H and O–H groups in total. The average molecular weight is 523 g/mol. The maximum Gasteiger partial charge on any atom is 0.314 e. The number of urea groups is 1. The van der Waals surface area contributed by atoms with Crippen LogP contribution in [0.1, 0.15) is 187 Å². The van der Waals surface area contributed by atoms with Gasteiger partial charge in [-0.25, -0.2) is 4.79 Å². The third kappa shape index (κ3) is 31.1. The van der Waals surface area contributed by atoms with E-state index in [1.165, 1.54) is 122 Å². The third-order valence-corrected chi connectivity index (χ3v) is 7.54. The standard InChI is InChI=1S/C33H66N2O2/c1-3-5-7-9-11-13-15-16-18-20-24-28-32(36)29-25-21-23-27-31-35-33(37)34-30-26-22-19-17-14-12-10-8-6-4-2/h3-31H2,1-2H3,(H2,34,35,37). The second-order valence-electron chi connectivity index (χ2n) is 11.4. The zero-order valence-corrected chi connectivity index (χ0v) is 25.3. The summed E-state index contributed by atoms with van der Waals surface area (Å²) in [6, 6.07) is -0.0296. The number of hydrogen-bond donors (Lipinski definition) is 2. The number of ketones is 1. The van der Waals surface area contributed by atoms with Gasteiger partial charge in [-0.15, -0.1) is 0 Å². The third-order valence-electron chi connectivity index (χ3n) is 7.54. The molecular formula is C33H66N2O2. The fourth-order valence-electron chi connectivity index (χ4n) is 4.99. The molecule has 4 nitrogen and oxygen atoms in total. The van der Waals surface area contributed by atoms with E-state index in [9.17, 15) is 9.59 Å². The molecule has 0 aliphatic rings. The summed E-state index contributed by atoms with van der Waals surface area (Å²) in [6.07, 6.45) is 33.5. The topological polar surface area (TPSA) is 58.2 Å². The number of nitrogens with one attached hydrogen (secondary N) is 2. The molecule has 4 heteroatoms. The van der Waals surface area contributed by atoms with Gasteiger partial charge in [0.2, 0.25) is 0 Å². The van der Waals surface area contributed by atoms with Crippen LogP contribution in [-0.2, 0) is 4.79 Å². The summed E-state index contributed by atoms with van der Waals surface area (Å²) < 4.78 is 0. The lowest BCUT2D eigenvalue weighted by molar-refractivity contribution is -0.119. The largest absolute Gasteiger partial charge is 0.338 e. The van der Waals surface area contributed by atoms with E-state index in [0.29, 0.717) is 5.78 Å². The van der Waals surface area contributed by atoms with E-state index in [1.807, 2.05) is 0 Å². The molecule has 0 aromatic carbocycles. The highest BCUT2D eigenvalue weighted by Gasteiger charge is 2.03. The molecule has 0 unspecified atom stereocenters. The summed E-state index contributed by atoms with van der Waals surface area (Å²) in [6.45, 7) is 6.05. The number of rotatable bonds is 30. The first kappa shape index (κ1) is 35.9. The minimum absolute atomic E-state index is 0.0296. The predicted molar refractivity (Wildman–Crippen MR) is 162 cm³/mol. The summed E-state index contributed by atoms with van der Waals surface area (Å²) >= 11 is 0. The van der Waals surface area contributed by atoms with Crippen molar-refractivity contribution in [2.45, 2.75) is 187 Å². The Kier molecular flexibility index (Phi) is 30.3. The number of carbonyl (C=O) groups is 2. The van der Waals surface area contributed by atoms with Crippen LogP contribution < -0.4 is 10.6 Å². The van der Waals surface area contributed by atoms with Crippen LogP contribution in [0.2, 0.25) is 0 Å². The van der Waals surface area contributed by atoms with Crippen LogP contribution in [0.25, 0.3) is 0 Å². The van der Waals surface area contributed by atoms with Crippen molar-refractivity contribution in [2.75, 3.05) is 13.1 Å². The first-order valence-corrected chi connectivity index (χ1v) is 16.7. The lowest BCUT2D eigenvalue weighted by Gasteiger charge is -2.08. The maximum absolute atomic E-state index is 12.1. The van der Waals surface area contributed by atoms with Crippen molar-refractivity contribution in [3.05, 3.63) is 0 Å². The number of carbonyl (C=O) groups excluding carboxylic acids is 2. The Morgan fingerprint density at radius 3 is 0.973 bits per heavy atom. The first-order chi connectivity index (χ1) is 18.2. The Morgan fingerprint density at radius 1 is 0.378 bits per heavy atom. The molecule has 0 saturated heterocycles. The molecule has 0 saturated carbocycles. The van der Waals surface area contributed by atoms with Crippen molar-refractivity contribution in [3.63, 3.8) is 0 Å². The molecule has 0 aromatic rings. The summed E-state index contributed by atoms with van der Waals surface area (Å²) in [4.78, 5) is 23.9. The van der Waals surface area contributed by atoms with Gasteiger partial charge in [-0.3, -0.25) is 4.79 Å². The van der Waals surface area contributed by atoms with Crippen molar-refractivity contribution in [2.24, 2.45) is 0 Å². The molecular weight excluding hydrogens is 456 g/mol. The van der Waals surface area contributed by atoms with Gasteiger partial charge in [-0.1, -0.05) is 149 Å². The molecule has 0 radical (unpaired) electrons. The van der Waals surface area contributed by atoms with Crippen molar-refractivity contribution >= 4 is 11.8 Å². The molecule has 0 aromatic heterocycles. The second-order valence-corrected chi connectivity index (χ2v) is 11.4. The zero-order chi connectivity index (χ0) is 27.1. The molecule has 0 aliphatic heterocycles. The van der Waals surface area contributed by atoms with E-state index in [4.69, 9.17) is 0 Å². The Balaban J connectivity index is 3.26. The molecule has 0 atom stereocenters. The van der Waals surface area contributed by atoms with Gasteiger partial charge < -0.3 is 10.6 Å². The summed E-state index contributed by atoms with van der Waals surface area (Å²) in [5.74, 6) is 0.445. The van der Waals surface area contributed by atoms with Gasteiger partial charge in [-0.2, -0.15) is 0 Å². The Bertz CT molecular complexity index is 439. The monoisotopic (exact) mass is 523 g/mol. The average Bonchev–Trinajstić information content (AvgIpc) is 2.89. The number of hydrogen-bond acceptors (Lipinski definition) is 2. The minimum atomic E-state index is -0.0296. The van der Waals surface area contributed by atoms with Gasteiger partial charge >= 0.3 is 6.03 Å².